The summed E-state index contributed by atoms with van der Waals surface area (Å²) in [4.78, 5) is 13.6. The van der Waals surface area contributed by atoms with E-state index in [0.717, 1.165) is 25.9 Å². The smallest absolute Gasteiger partial charge is 0.225 e. The van der Waals surface area contributed by atoms with E-state index in [1.165, 1.54) is 24.3 Å². The van der Waals surface area contributed by atoms with Crippen LogP contribution in [0.5, 0.6) is 0 Å². The van der Waals surface area contributed by atoms with Gasteiger partial charge in [0.2, 0.25) is 5.91 Å². The Bertz CT molecular complexity index is 385. The second kappa shape index (κ2) is 5.27. The molecule has 0 radical (unpaired) electrons. The van der Waals surface area contributed by atoms with Gasteiger partial charge in [-0.3, -0.25) is 4.79 Å². The van der Waals surface area contributed by atoms with Gasteiger partial charge < -0.3 is 10.0 Å². The number of hydrogen-bond donors (Lipinski definition) is 1. The summed E-state index contributed by atoms with van der Waals surface area (Å²) >= 11 is 0. The van der Waals surface area contributed by atoms with Crippen LogP contribution in [-0.4, -0.2) is 29.0 Å². The Hall–Kier alpha value is -1.42. The minimum atomic E-state index is -0.844. The van der Waals surface area contributed by atoms with Crippen molar-refractivity contribution in [3.8, 4) is 0 Å². The molecule has 0 aliphatic carbocycles. The highest BCUT2D eigenvalue weighted by atomic mass is 19.1. The number of aliphatic hydroxyl groups is 1. The van der Waals surface area contributed by atoms with Crippen LogP contribution in [0, 0.1) is 5.82 Å². The normalized spacial score (nSPS) is 17.2. The second-order valence-electron chi connectivity index (χ2n) is 4.36. The molecule has 1 aliphatic heterocycles. The third kappa shape index (κ3) is 3.03. The molecule has 0 spiro atoms. The highest BCUT2D eigenvalue weighted by molar-refractivity contribution is 5.77. The van der Waals surface area contributed by atoms with Gasteiger partial charge in [-0.25, -0.2) is 4.39 Å². The SMILES string of the molecule is O=C(CC(O)c1ccc(F)cc1)N1CCCC1. The Morgan fingerprint density at radius 2 is 1.88 bits per heavy atom. The van der Waals surface area contributed by atoms with Gasteiger partial charge in [0.1, 0.15) is 5.82 Å². The average molecular weight is 237 g/mol. The second-order valence-corrected chi connectivity index (χ2v) is 4.36. The maximum Gasteiger partial charge on any atom is 0.225 e. The number of hydrogen-bond acceptors (Lipinski definition) is 2. The van der Waals surface area contributed by atoms with Crippen molar-refractivity contribution in [3.63, 3.8) is 0 Å². The number of amides is 1. The monoisotopic (exact) mass is 237 g/mol. The maximum absolute atomic E-state index is 12.7. The van der Waals surface area contributed by atoms with Crippen molar-refractivity contribution in [2.75, 3.05) is 13.1 Å². The molecule has 1 amide bonds. The van der Waals surface area contributed by atoms with Crippen LogP contribution in [0.2, 0.25) is 0 Å². The van der Waals surface area contributed by atoms with Gasteiger partial charge >= 0.3 is 0 Å². The summed E-state index contributed by atoms with van der Waals surface area (Å²) in [7, 11) is 0. The third-order valence-corrected chi connectivity index (χ3v) is 3.08. The summed E-state index contributed by atoms with van der Waals surface area (Å²) in [5.41, 5.74) is 0.582. The van der Waals surface area contributed by atoms with Crippen molar-refractivity contribution in [2.24, 2.45) is 0 Å². The largest absolute Gasteiger partial charge is 0.388 e. The summed E-state index contributed by atoms with van der Waals surface area (Å²) in [6, 6.07) is 5.60. The summed E-state index contributed by atoms with van der Waals surface area (Å²) in [6.45, 7) is 1.57. The first-order valence-corrected chi connectivity index (χ1v) is 5.88. The van der Waals surface area contributed by atoms with Crippen molar-refractivity contribution in [1.82, 2.24) is 4.90 Å². The number of likely N-dealkylation sites (tertiary alicyclic amines) is 1. The molecule has 1 aliphatic rings. The van der Waals surface area contributed by atoms with E-state index in [-0.39, 0.29) is 18.1 Å². The fraction of sp³-hybridized carbons (Fsp3) is 0.462. The van der Waals surface area contributed by atoms with E-state index in [1.54, 1.807) is 4.90 Å². The molecule has 1 unspecified atom stereocenters. The lowest BCUT2D eigenvalue weighted by atomic mass is 10.1. The molecule has 0 bridgehead atoms. The van der Waals surface area contributed by atoms with Gasteiger partial charge in [0, 0.05) is 13.1 Å². The highest BCUT2D eigenvalue weighted by Gasteiger charge is 2.21. The first kappa shape index (κ1) is 12.0. The molecule has 1 fully saturated rings. The van der Waals surface area contributed by atoms with E-state index in [2.05, 4.69) is 0 Å². The molecule has 3 nitrogen and oxygen atoms in total. The van der Waals surface area contributed by atoms with Gasteiger partial charge in [-0.15, -0.1) is 0 Å². The van der Waals surface area contributed by atoms with E-state index in [9.17, 15) is 14.3 Å². The standard InChI is InChI=1S/C13H16FNO2/c14-11-5-3-10(4-6-11)12(16)9-13(17)15-7-1-2-8-15/h3-6,12,16H,1-2,7-9H2. The van der Waals surface area contributed by atoms with Gasteiger partial charge in [0.25, 0.3) is 0 Å². The summed E-state index contributed by atoms with van der Waals surface area (Å²) in [5, 5.41) is 9.87. The third-order valence-electron chi connectivity index (χ3n) is 3.08. The number of nitrogens with zero attached hydrogens (tertiary/aromatic N) is 1. The van der Waals surface area contributed by atoms with Gasteiger partial charge in [0.05, 0.1) is 12.5 Å². The van der Waals surface area contributed by atoms with E-state index < -0.39 is 6.10 Å². The molecule has 92 valence electrons. The Kier molecular flexibility index (Phi) is 3.74. The Balaban J connectivity index is 1.93. The highest BCUT2D eigenvalue weighted by Crippen LogP contribution is 2.19. The Labute approximate surface area is 99.9 Å². The van der Waals surface area contributed by atoms with E-state index in [0.29, 0.717) is 5.56 Å². The average Bonchev–Trinajstić information content (AvgIpc) is 2.83. The number of carbonyl (C=O) groups is 1. The van der Waals surface area contributed by atoms with E-state index in [1.807, 2.05) is 0 Å². The van der Waals surface area contributed by atoms with Gasteiger partial charge in [0.15, 0.2) is 0 Å². The zero-order chi connectivity index (χ0) is 12.3. The number of benzene rings is 1. The van der Waals surface area contributed by atoms with Gasteiger partial charge in [-0.05, 0) is 30.5 Å². The Morgan fingerprint density at radius 1 is 1.29 bits per heavy atom. The van der Waals surface area contributed by atoms with Crippen LogP contribution >= 0.6 is 0 Å². The molecule has 1 aromatic carbocycles. The summed E-state index contributed by atoms with van der Waals surface area (Å²) in [5.74, 6) is -0.369. The minimum absolute atomic E-state index is 0.0284. The molecule has 1 atom stereocenters. The van der Waals surface area contributed by atoms with Gasteiger partial charge in [-0.1, -0.05) is 12.1 Å². The summed E-state index contributed by atoms with van der Waals surface area (Å²) < 4.78 is 12.7. The minimum Gasteiger partial charge on any atom is -0.388 e. The Morgan fingerprint density at radius 3 is 2.47 bits per heavy atom. The zero-order valence-electron chi connectivity index (χ0n) is 9.60. The molecular formula is C13H16FNO2. The molecule has 1 saturated heterocycles. The van der Waals surface area contributed by atoms with Crippen LogP contribution in [0.3, 0.4) is 0 Å². The van der Waals surface area contributed by atoms with Crippen molar-refractivity contribution >= 4 is 5.91 Å². The fourth-order valence-electron chi connectivity index (χ4n) is 2.06. The molecule has 0 aromatic heterocycles. The molecular weight excluding hydrogens is 221 g/mol. The topological polar surface area (TPSA) is 40.5 Å². The molecule has 1 heterocycles. The van der Waals surface area contributed by atoms with Crippen LogP contribution in [0.4, 0.5) is 4.39 Å². The zero-order valence-corrected chi connectivity index (χ0v) is 9.60. The molecule has 2 rings (SSSR count). The van der Waals surface area contributed by atoms with E-state index in [4.69, 9.17) is 0 Å². The van der Waals surface area contributed by atoms with Crippen LogP contribution in [-0.2, 0) is 4.79 Å². The van der Waals surface area contributed by atoms with Crippen LogP contribution < -0.4 is 0 Å². The number of carbonyl (C=O) groups excluding carboxylic acids is 1. The fourth-order valence-corrected chi connectivity index (χ4v) is 2.06. The summed E-state index contributed by atoms with van der Waals surface area (Å²) in [6.07, 6.45) is 1.31. The van der Waals surface area contributed by atoms with E-state index >= 15 is 0 Å². The number of rotatable bonds is 3. The van der Waals surface area contributed by atoms with Crippen molar-refractivity contribution in [1.29, 1.82) is 0 Å². The molecule has 1 aromatic rings. The van der Waals surface area contributed by atoms with Crippen LogP contribution in [0.1, 0.15) is 30.9 Å². The molecule has 0 saturated carbocycles. The van der Waals surface area contributed by atoms with Crippen molar-refractivity contribution in [2.45, 2.75) is 25.4 Å². The first-order valence-electron chi connectivity index (χ1n) is 5.88. The van der Waals surface area contributed by atoms with Crippen LogP contribution in [0.15, 0.2) is 24.3 Å². The predicted octanol–water partition coefficient (Wildman–Crippen LogP) is 1.87. The molecule has 1 N–H and O–H groups in total. The van der Waals surface area contributed by atoms with Gasteiger partial charge in [-0.2, -0.15) is 0 Å². The predicted molar refractivity (Wildman–Crippen MR) is 61.8 cm³/mol. The maximum atomic E-state index is 12.7. The molecule has 4 heteroatoms. The lowest BCUT2D eigenvalue weighted by molar-refractivity contribution is -0.132. The molecule has 17 heavy (non-hydrogen) atoms. The lowest BCUT2D eigenvalue weighted by Gasteiger charge is -2.17. The first-order chi connectivity index (χ1) is 8.16. The van der Waals surface area contributed by atoms with Crippen molar-refractivity contribution < 1.29 is 14.3 Å². The quantitative estimate of drug-likeness (QED) is 0.871. The number of halogens is 1. The van der Waals surface area contributed by atoms with Crippen LogP contribution in [0.25, 0.3) is 0 Å². The number of aliphatic hydroxyl groups excluding tert-OH is 1. The van der Waals surface area contributed by atoms with Crippen molar-refractivity contribution in [3.05, 3.63) is 35.6 Å². The lowest BCUT2D eigenvalue weighted by Crippen LogP contribution is -2.28.